The van der Waals surface area contributed by atoms with E-state index < -0.39 is 14.9 Å². The summed E-state index contributed by atoms with van der Waals surface area (Å²) in [5.41, 5.74) is 0.713. The van der Waals surface area contributed by atoms with E-state index in [1.54, 1.807) is 0 Å². The number of benzene rings is 1. The van der Waals surface area contributed by atoms with Crippen molar-refractivity contribution in [1.82, 2.24) is 0 Å². The predicted octanol–water partition coefficient (Wildman–Crippen LogP) is 4.93. The molecule has 1 N–H and O–H groups in total. The molecule has 1 aromatic carbocycles. The molecule has 0 aliphatic heterocycles. The normalized spacial score (nSPS) is 14.8. The summed E-state index contributed by atoms with van der Waals surface area (Å²) < 4.78 is 33.0. The maximum absolute atomic E-state index is 12.1. The van der Waals surface area contributed by atoms with Crippen LogP contribution in [0, 0.1) is 0 Å². The van der Waals surface area contributed by atoms with Gasteiger partial charge in [0.2, 0.25) is 0 Å². The third-order valence-corrected chi connectivity index (χ3v) is 5.76. The Morgan fingerprint density at radius 3 is 2.05 bits per heavy atom. The lowest BCUT2D eigenvalue weighted by Crippen LogP contribution is -2.35. The largest absolute Gasteiger partial charge is 0.285 e. The number of hydrogen-bond donors (Lipinski definition) is 1. The molecule has 0 radical (unpaired) electrons. The zero-order chi connectivity index (χ0) is 15.8. The average Bonchev–Trinajstić information content (AvgIpc) is 2.45. The van der Waals surface area contributed by atoms with Gasteiger partial charge >= 0.3 is 0 Å². The van der Waals surface area contributed by atoms with Crippen molar-refractivity contribution in [3.05, 3.63) is 35.9 Å². The van der Waals surface area contributed by atoms with E-state index in [9.17, 15) is 13.0 Å². The van der Waals surface area contributed by atoms with Crippen LogP contribution < -0.4 is 0 Å². The third-order valence-electron chi connectivity index (χ3n) is 4.13. The molecule has 1 rings (SSSR count). The smallest absolute Gasteiger partial charge is 0.274 e. The van der Waals surface area contributed by atoms with Gasteiger partial charge in [-0.2, -0.15) is 8.42 Å². The Morgan fingerprint density at radius 1 is 0.905 bits per heavy atom. The molecular formula is C17H28O3S. The first-order valence-electron chi connectivity index (χ1n) is 8.00. The second kappa shape index (κ2) is 8.54. The topological polar surface area (TPSA) is 54.4 Å². The van der Waals surface area contributed by atoms with Crippen LogP contribution in [0.15, 0.2) is 30.3 Å². The minimum absolute atomic E-state index is 0.462. The minimum atomic E-state index is -4.13. The van der Waals surface area contributed by atoms with Crippen molar-refractivity contribution >= 4 is 10.1 Å². The summed E-state index contributed by atoms with van der Waals surface area (Å²) >= 11 is 0. The molecule has 1 atom stereocenters. The van der Waals surface area contributed by atoms with Gasteiger partial charge in [-0.3, -0.25) is 4.55 Å². The Kier molecular flexibility index (Phi) is 7.40. The van der Waals surface area contributed by atoms with E-state index in [0.717, 1.165) is 32.1 Å². The van der Waals surface area contributed by atoms with E-state index in [1.807, 2.05) is 37.3 Å². The van der Waals surface area contributed by atoms with Crippen LogP contribution in [-0.4, -0.2) is 13.0 Å². The number of rotatable bonds is 10. The van der Waals surface area contributed by atoms with Gasteiger partial charge in [0.25, 0.3) is 10.1 Å². The lowest BCUT2D eigenvalue weighted by Gasteiger charge is -2.31. The maximum atomic E-state index is 12.1. The summed E-state index contributed by atoms with van der Waals surface area (Å²) in [7, 11) is -4.13. The molecule has 0 saturated heterocycles. The fourth-order valence-corrected chi connectivity index (χ4v) is 4.28. The molecule has 0 aliphatic carbocycles. The van der Waals surface area contributed by atoms with Crippen molar-refractivity contribution in [1.29, 1.82) is 0 Å². The van der Waals surface area contributed by atoms with Gasteiger partial charge in [-0.1, -0.05) is 82.7 Å². The van der Waals surface area contributed by atoms with Crippen LogP contribution in [-0.2, 0) is 14.9 Å². The molecule has 0 heterocycles. The molecule has 120 valence electrons. The lowest BCUT2D eigenvalue weighted by atomic mass is 9.88. The first kappa shape index (κ1) is 18.2. The summed E-state index contributed by atoms with van der Waals surface area (Å²) in [6, 6.07) is 9.17. The third kappa shape index (κ3) is 4.82. The minimum Gasteiger partial charge on any atom is -0.285 e. The van der Waals surface area contributed by atoms with Crippen molar-refractivity contribution in [3.63, 3.8) is 0 Å². The highest BCUT2D eigenvalue weighted by Crippen LogP contribution is 2.39. The summed E-state index contributed by atoms with van der Waals surface area (Å²) in [5, 5.41) is 0. The van der Waals surface area contributed by atoms with Gasteiger partial charge in [-0.25, -0.2) is 0 Å². The molecule has 0 aromatic heterocycles. The zero-order valence-corrected chi connectivity index (χ0v) is 14.0. The standard InChI is InChI=1S/C17H28O3S/c1-3-5-6-7-11-15-17(14-4-2,21(18,19)20)16-12-9-8-10-13-16/h8-10,12-13H,3-7,11,14-15H2,1-2H3,(H,18,19,20). The van der Waals surface area contributed by atoms with Crippen LogP contribution in [0.25, 0.3) is 0 Å². The van der Waals surface area contributed by atoms with Crippen molar-refractivity contribution < 1.29 is 13.0 Å². The van der Waals surface area contributed by atoms with Gasteiger partial charge in [0.05, 0.1) is 0 Å². The molecule has 0 amide bonds. The fraction of sp³-hybridized carbons (Fsp3) is 0.647. The molecule has 0 spiro atoms. The van der Waals surface area contributed by atoms with Crippen LogP contribution in [0.2, 0.25) is 0 Å². The molecule has 1 unspecified atom stereocenters. The molecule has 0 aliphatic rings. The Bertz CT molecular complexity index is 496. The van der Waals surface area contributed by atoms with E-state index in [2.05, 4.69) is 6.92 Å². The second-order valence-electron chi connectivity index (χ2n) is 5.75. The van der Waals surface area contributed by atoms with Crippen LogP contribution >= 0.6 is 0 Å². The van der Waals surface area contributed by atoms with Crippen LogP contribution in [0.1, 0.15) is 70.8 Å². The predicted molar refractivity (Wildman–Crippen MR) is 88.0 cm³/mol. The van der Waals surface area contributed by atoms with E-state index in [0.29, 0.717) is 18.4 Å². The van der Waals surface area contributed by atoms with E-state index in [1.165, 1.54) is 6.42 Å². The zero-order valence-electron chi connectivity index (χ0n) is 13.2. The fourth-order valence-electron chi connectivity index (χ4n) is 2.98. The molecule has 0 saturated carbocycles. The summed E-state index contributed by atoms with van der Waals surface area (Å²) in [5.74, 6) is 0. The average molecular weight is 312 g/mol. The first-order valence-corrected chi connectivity index (χ1v) is 9.44. The van der Waals surface area contributed by atoms with Gasteiger partial charge in [-0.15, -0.1) is 0 Å². The Morgan fingerprint density at radius 2 is 1.52 bits per heavy atom. The van der Waals surface area contributed by atoms with E-state index in [4.69, 9.17) is 0 Å². The van der Waals surface area contributed by atoms with Crippen LogP contribution in [0.3, 0.4) is 0 Å². The van der Waals surface area contributed by atoms with Crippen molar-refractivity contribution in [2.24, 2.45) is 0 Å². The molecule has 1 aromatic rings. The van der Waals surface area contributed by atoms with Gasteiger partial charge in [0, 0.05) is 0 Å². The van der Waals surface area contributed by atoms with Crippen molar-refractivity contribution in [2.45, 2.75) is 70.0 Å². The highest BCUT2D eigenvalue weighted by molar-refractivity contribution is 7.86. The lowest BCUT2D eigenvalue weighted by molar-refractivity contribution is 0.382. The second-order valence-corrected chi connectivity index (χ2v) is 7.48. The summed E-state index contributed by atoms with van der Waals surface area (Å²) in [6.07, 6.45) is 6.99. The van der Waals surface area contributed by atoms with Crippen LogP contribution in [0.5, 0.6) is 0 Å². The highest BCUT2D eigenvalue weighted by atomic mass is 32.2. The molecule has 0 fully saturated rings. The Balaban J connectivity index is 2.98. The molecule has 3 nitrogen and oxygen atoms in total. The Hall–Kier alpha value is -0.870. The van der Waals surface area contributed by atoms with Crippen molar-refractivity contribution in [2.75, 3.05) is 0 Å². The van der Waals surface area contributed by atoms with Gasteiger partial charge in [0.15, 0.2) is 0 Å². The van der Waals surface area contributed by atoms with Crippen molar-refractivity contribution in [3.8, 4) is 0 Å². The van der Waals surface area contributed by atoms with Gasteiger partial charge in [-0.05, 0) is 18.4 Å². The maximum Gasteiger partial charge on any atom is 0.274 e. The quantitative estimate of drug-likeness (QED) is 0.492. The van der Waals surface area contributed by atoms with Crippen LogP contribution in [0.4, 0.5) is 0 Å². The van der Waals surface area contributed by atoms with E-state index in [-0.39, 0.29) is 0 Å². The molecule has 4 heteroatoms. The molecule has 0 bridgehead atoms. The number of unbranched alkanes of at least 4 members (excludes halogenated alkanes) is 4. The molecule has 21 heavy (non-hydrogen) atoms. The number of hydrogen-bond acceptors (Lipinski definition) is 2. The summed E-state index contributed by atoms with van der Waals surface area (Å²) in [6.45, 7) is 4.11. The Labute approximate surface area is 129 Å². The van der Waals surface area contributed by atoms with Gasteiger partial charge < -0.3 is 0 Å². The molecular weight excluding hydrogens is 284 g/mol. The summed E-state index contributed by atoms with van der Waals surface area (Å²) in [4.78, 5) is 0. The SMILES string of the molecule is CCCCCCCC(CCC)(c1ccccc1)S(=O)(=O)O. The first-order chi connectivity index (χ1) is 9.98. The monoisotopic (exact) mass is 312 g/mol. The highest BCUT2D eigenvalue weighted by Gasteiger charge is 2.43. The van der Waals surface area contributed by atoms with E-state index >= 15 is 0 Å². The van der Waals surface area contributed by atoms with Gasteiger partial charge in [0.1, 0.15) is 4.75 Å².